The van der Waals surface area contributed by atoms with Crippen molar-refractivity contribution in [1.29, 1.82) is 0 Å². The topological polar surface area (TPSA) is 0 Å². The van der Waals surface area contributed by atoms with Crippen LogP contribution >= 0.6 is 11.1 Å². The van der Waals surface area contributed by atoms with Gasteiger partial charge >= 0.3 is 8.11 Å². The zero-order chi connectivity index (χ0) is 5.28. The molecule has 40 valence electrons. The third kappa shape index (κ3) is 1.20. The smallest absolute Gasteiger partial charge is 0.0332 e. The molecule has 2 heteroatoms. The molecule has 1 heterocycles. The Balaban J connectivity index is 2.33. The molecule has 0 saturated carbocycles. The molecule has 0 aromatic heterocycles. The molecular weight excluding hydrogens is 124 g/mol. The van der Waals surface area contributed by atoms with Gasteiger partial charge in [-0.2, -0.15) is 0 Å². The van der Waals surface area contributed by atoms with Gasteiger partial charge < -0.3 is 0 Å². The number of halogens is 1. The second kappa shape index (κ2) is 2.18. The van der Waals surface area contributed by atoms with Crippen LogP contribution in [0.5, 0.6) is 0 Å². The summed E-state index contributed by atoms with van der Waals surface area (Å²) < 4.78 is 0. The third-order valence-electron chi connectivity index (χ3n) is 1.59. The molecule has 0 amide bonds. The van der Waals surface area contributed by atoms with Crippen LogP contribution < -0.4 is 0 Å². The molecule has 0 N–H and O–H groups in total. The lowest BCUT2D eigenvalue weighted by Gasteiger charge is -1.84. The quantitative estimate of drug-likeness (QED) is 0.352. The highest BCUT2D eigenvalue weighted by Gasteiger charge is 2.37. The van der Waals surface area contributed by atoms with Crippen molar-refractivity contribution >= 4 is 19.2 Å². The predicted molar refractivity (Wildman–Crippen MR) is 35.1 cm³/mol. The Morgan fingerprint density at radius 2 is 2.43 bits per heavy atom. The van der Waals surface area contributed by atoms with E-state index in [1.807, 2.05) is 0 Å². The van der Waals surface area contributed by atoms with Gasteiger partial charge in [0.15, 0.2) is 0 Å². The number of hydrogen-bond acceptors (Lipinski definition) is 0. The first-order valence-corrected chi connectivity index (χ1v) is 5.61. The van der Waals surface area contributed by atoms with Gasteiger partial charge in [0.05, 0.1) is 22.7 Å². The molecule has 0 bridgehead atoms. The average Bonchev–Trinajstić information content (AvgIpc) is 1.91. The van der Waals surface area contributed by atoms with Crippen molar-refractivity contribution in [2.24, 2.45) is 0 Å². The maximum atomic E-state index is 5.96. The first kappa shape index (κ1) is 5.64. The summed E-state index contributed by atoms with van der Waals surface area (Å²) in [4.78, 5) is 0. The summed E-state index contributed by atoms with van der Waals surface area (Å²) in [6.45, 7) is 2.27. The van der Waals surface area contributed by atoms with Gasteiger partial charge in [-0.1, -0.05) is 0 Å². The average molecular weight is 134 g/mol. The van der Waals surface area contributed by atoms with Crippen molar-refractivity contribution in [3.63, 3.8) is 0 Å². The van der Waals surface area contributed by atoms with E-state index in [1.54, 1.807) is 0 Å². The van der Waals surface area contributed by atoms with Crippen LogP contribution in [0.4, 0.5) is 0 Å². The fourth-order valence-corrected chi connectivity index (χ4v) is 3.26. The SMILES string of the molecule is CC1CCC[Si+]1Cl. The minimum absolute atomic E-state index is 0.363. The van der Waals surface area contributed by atoms with E-state index in [0.29, 0.717) is 0 Å². The zero-order valence-electron chi connectivity index (χ0n) is 4.58. The summed E-state index contributed by atoms with van der Waals surface area (Å²) in [7, 11) is -0.363. The Kier molecular flexibility index (Phi) is 1.76. The summed E-state index contributed by atoms with van der Waals surface area (Å²) in [6.07, 6.45) is 2.77. The van der Waals surface area contributed by atoms with Crippen LogP contribution in [0.15, 0.2) is 0 Å². The van der Waals surface area contributed by atoms with Crippen LogP contribution in [0.3, 0.4) is 0 Å². The lowest BCUT2D eigenvalue weighted by molar-refractivity contribution is 0.820. The maximum Gasteiger partial charge on any atom is 0.434 e. The van der Waals surface area contributed by atoms with Crippen LogP contribution in [0, 0.1) is 0 Å². The molecule has 7 heavy (non-hydrogen) atoms. The normalized spacial score (nSPS) is 31.7. The second-order valence-electron chi connectivity index (χ2n) is 2.24. The van der Waals surface area contributed by atoms with Gasteiger partial charge in [-0.3, -0.25) is 0 Å². The van der Waals surface area contributed by atoms with Gasteiger partial charge in [-0.15, -0.1) is 0 Å². The molecule has 1 aliphatic rings. The summed E-state index contributed by atoms with van der Waals surface area (Å²) in [5.41, 5.74) is 0.881. The van der Waals surface area contributed by atoms with Gasteiger partial charge in [-0.05, 0) is 19.8 Å². The highest BCUT2D eigenvalue weighted by atomic mass is 35.6. The van der Waals surface area contributed by atoms with Crippen LogP contribution in [-0.4, -0.2) is 8.11 Å². The fourth-order valence-electron chi connectivity index (χ4n) is 0.980. The van der Waals surface area contributed by atoms with E-state index in [4.69, 9.17) is 11.1 Å². The van der Waals surface area contributed by atoms with Crippen LogP contribution in [0.25, 0.3) is 0 Å². The molecular formula is C5H10ClSi+. The molecule has 0 aromatic carbocycles. The molecule has 0 spiro atoms. The van der Waals surface area contributed by atoms with Crippen molar-refractivity contribution in [3.8, 4) is 0 Å². The Morgan fingerprint density at radius 1 is 1.71 bits per heavy atom. The fraction of sp³-hybridized carbons (Fsp3) is 1.00. The van der Waals surface area contributed by atoms with Gasteiger partial charge in [0.25, 0.3) is 0 Å². The summed E-state index contributed by atoms with van der Waals surface area (Å²) >= 11 is 5.96. The molecule has 1 saturated heterocycles. The lowest BCUT2D eigenvalue weighted by atomic mass is 10.3. The molecule has 1 unspecified atom stereocenters. The standard InChI is InChI=1S/C5H10ClSi/c1-5-3-2-4-7(5)6/h5H,2-4H2,1H3/q+1. The lowest BCUT2D eigenvalue weighted by Crippen LogP contribution is -2.00. The van der Waals surface area contributed by atoms with Gasteiger partial charge in [0, 0.05) is 0 Å². The molecule has 0 nitrogen and oxygen atoms in total. The van der Waals surface area contributed by atoms with E-state index >= 15 is 0 Å². The summed E-state index contributed by atoms with van der Waals surface area (Å²) in [6, 6.07) is 1.34. The molecule has 0 aromatic rings. The van der Waals surface area contributed by atoms with E-state index in [-0.39, 0.29) is 8.11 Å². The van der Waals surface area contributed by atoms with E-state index in [9.17, 15) is 0 Å². The van der Waals surface area contributed by atoms with Crippen molar-refractivity contribution in [1.82, 2.24) is 0 Å². The Bertz CT molecular complexity index is 57.1. The molecule has 1 fully saturated rings. The van der Waals surface area contributed by atoms with E-state index in [0.717, 1.165) is 5.54 Å². The van der Waals surface area contributed by atoms with Crippen molar-refractivity contribution in [2.45, 2.75) is 31.4 Å². The van der Waals surface area contributed by atoms with Crippen LogP contribution in [0.2, 0.25) is 11.6 Å². The van der Waals surface area contributed by atoms with Crippen molar-refractivity contribution < 1.29 is 0 Å². The van der Waals surface area contributed by atoms with Gasteiger partial charge in [-0.25, -0.2) is 0 Å². The second-order valence-corrected chi connectivity index (χ2v) is 6.08. The van der Waals surface area contributed by atoms with Crippen molar-refractivity contribution in [3.05, 3.63) is 0 Å². The zero-order valence-corrected chi connectivity index (χ0v) is 6.33. The third-order valence-corrected chi connectivity index (χ3v) is 5.46. The predicted octanol–water partition coefficient (Wildman–Crippen LogP) is 2.40. The minimum atomic E-state index is -0.363. The minimum Gasteiger partial charge on any atom is -0.0332 e. The first-order valence-electron chi connectivity index (χ1n) is 2.82. The molecule has 0 aliphatic carbocycles. The maximum absolute atomic E-state index is 5.96. The highest BCUT2D eigenvalue weighted by Crippen LogP contribution is 2.31. The molecule has 1 aliphatic heterocycles. The molecule has 1 rings (SSSR count). The van der Waals surface area contributed by atoms with Crippen LogP contribution in [0.1, 0.15) is 19.8 Å². The molecule has 1 atom stereocenters. The van der Waals surface area contributed by atoms with Crippen molar-refractivity contribution in [2.75, 3.05) is 0 Å². The first-order chi connectivity index (χ1) is 3.30. The molecule has 0 radical (unpaired) electrons. The van der Waals surface area contributed by atoms with E-state index in [1.165, 1.54) is 18.9 Å². The number of hydrogen-bond donors (Lipinski definition) is 0. The van der Waals surface area contributed by atoms with Gasteiger partial charge in [0.1, 0.15) is 0 Å². The Hall–Kier alpha value is 0.507. The van der Waals surface area contributed by atoms with E-state index in [2.05, 4.69) is 6.92 Å². The van der Waals surface area contributed by atoms with Gasteiger partial charge in [0.2, 0.25) is 0 Å². The van der Waals surface area contributed by atoms with E-state index < -0.39 is 0 Å². The monoisotopic (exact) mass is 133 g/mol. The highest BCUT2D eigenvalue weighted by molar-refractivity contribution is 7.08. The largest absolute Gasteiger partial charge is 0.434 e. The Morgan fingerprint density at radius 3 is 2.57 bits per heavy atom. The summed E-state index contributed by atoms with van der Waals surface area (Å²) in [5.74, 6) is 0. The Labute approximate surface area is 51.2 Å². The summed E-state index contributed by atoms with van der Waals surface area (Å²) in [5, 5.41) is 0. The van der Waals surface area contributed by atoms with Crippen LogP contribution in [-0.2, 0) is 0 Å². The number of rotatable bonds is 0.